The van der Waals surface area contributed by atoms with Gasteiger partial charge in [0, 0.05) is 17.9 Å². The van der Waals surface area contributed by atoms with Crippen LogP contribution in [0.25, 0.3) is 22.4 Å². The highest BCUT2D eigenvalue weighted by Gasteiger charge is 2.17. The second-order valence-corrected chi connectivity index (χ2v) is 7.46. The molecule has 4 nitrogen and oxygen atoms in total. The average molecular weight is 378 g/mol. The normalized spacial score (nSPS) is 13.4. The maximum Gasteiger partial charge on any atom is 0.190 e. The maximum absolute atomic E-state index is 6.11. The van der Waals surface area contributed by atoms with Crippen LogP contribution in [0.4, 0.5) is 5.69 Å². The molecule has 1 atom stereocenters. The van der Waals surface area contributed by atoms with Crippen molar-refractivity contribution < 1.29 is 9.15 Å². The zero-order valence-corrected chi connectivity index (χ0v) is 16.5. The molecule has 2 aromatic heterocycles. The molecule has 0 aliphatic heterocycles. The van der Waals surface area contributed by atoms with E-state index in [9.17, 15) is 0 Å². The number of aryl methyl sites for hydroxylation is 1. The Balaban J connectivity index is 1.90. The number of rotatable bonds is 5. The summed E-state index contributed by atoms with van der Waals surface area (Å²) < 4.78 is 13.7. The Morgan fingerprint density at radius 2 is 1.93 bits per heavy atom. The maximum atomic E-state index is 6.11. The summed E-state index contributed by atoms with van der Waals surface area (Å²) in [7, 11) is 1.72. The van der Waals surface area contributed by atoms with Crippen LogP contribution in [0.2, 0.25) is 0 Å². The van der Waals surface area contributed by atoms with E-state index in [-0.39, 0.29) is 6.04 Å². The van der Waals surface area contributed by atoms with Gasteiger partial charge in [-0.15, -0.1) is 11.3 Å². The van der Waals surface area contributed by atoms with Gasteiger partial charge in [0.15, 0.2) is 10.6 Å². The molecule has 138 valence electrons. The molecule has 0 saturated heterocycles. The molecule has 0 saturated carbocycles. The first-order valence-corrected chi connectivity index (χ1v) is 9.83. The number of ether oxygens (including phenoxy) is 1. The molecule has 2 heterocycles. The van der Waals surface area contributed by atoms with Crippen LogP contribution in [-0.4, -0.2) is 18.3 Å². The number of furan rings is 1. The Morgan fingerprint density at radius 3 is 2.70 bits per heavy atom. The van der Waals surface area contributed by atoms with Gasteiger partial charge in [0.2, 0.25) is 0 Å². The van der Waals surface area contributed by atoms with E-state index >= 15 is 0 Å². The van der Waals surface area contributed by atoms with E-state index in [4.69, 9.17) is 14.1 Å². The van der Waals surface area contributed by atoms with Crippen molar-refractivity contribution in [1.29, 1.82) is 0 Å². The second-order valence-electron chi connectivity index (χ2n) is 6.62. The molecule has 2 aromatic carbocycles. The van der Waals surface area contributed by atoms with Crippen LogP contribution >= 0.6 is 11.3 Å². The van der Waals surface area contributed by atoms with Crippen molar-refractivity contribution in [3.8, 4) is 11.5 Å². The van der Waals surface area contributed by atoms with Crippen molar-refractivity contribution in [2.75, 3.05) is 13.7 Å². The van der Waals surface area contributed by atoms with Gasteiger partial charge in [-0.3, -0.25) is 0 Å². The van der Waals surface area contributed by atoms with Crippen molar-refractivity contribution in [3.63, 3.8) is 0 Å². The van der Waals surface area contributed by atoms with Gasteiger partial charge in [-0.1, -0.05) is 36.4 Å². The monoisotopic (exact) mass is 378 g/mol. The third-order valence-corrected chi connectivity index (χ3v) is 5.44. The largest absolute Gasteiger partial charge is 0.454 e. The molecule has 0 bridgehead atoms. The van der Waals surface area contributed by atoms with E-state index < -0.39 is 0 Å². The summed E-state index contributed by atoms with van der Waals surface area (Å²) >= 11 is 1.62. The zero-order valence-electron chi connectivity index (χ0n) is 15.7. The van der Waals surface area contributed by atoms with Crippen LogP contribution in [0.5, 0.6) is 0 Å². The van der Waals surface area contributed by atoms with Crippen molar-refractivity contribution in [1.82, 2.24) is 4.57 Å². The van der Waals surface area contributed by atoms with Gasteiger partial charge in [-0.25, -0.2) is 4.99 Å². The molecule has 0 aliphatic rings. The van der Waals surface area contributed by atoms with Crippen LogP contribution in [0, 0.1) is 6.92 Å². The van der Waals surface area contributed by atoms with Gasteiger partial charge < -0.3 is 13.7 Å². The molecule has 0 spiro atoms. The quantitative estimate of drug-likeness (QED) is 0.446. The van der Waals surface area contributed by atoms with Crippen molar-refractivity contribution in [2.24, 2.45) is 4.99 Å². The molecule has 1 unspecified atom stereocenters. The second kappa shape index (κ2) is 7.55. The van der Waals surface area contributed by atoms with E-state index in [0.717, 1.165) is 38.5 Å². The molecule has 0 N–H and O–H groups in total. The Hall–Kier alpha value is -2.63. The van der Waals surface area contributed by atoms with Crippen molar-refractivity contribution in [3.05, 3.63) is 70.3 Å². The highest BCUT2D eigenvalue weighted by molar-refractivity contribution is 7.07. The Morgan fingerprint density at radius 1 is 1.15 bits per heavy atom. The van der Waals surface area contributed by atoms with Gasteiger partial charge in [-0.05, 0) is 37.6 Å². The molecule has 0 fully saturated rings. The third kappa shape index (κ3) is 3.48. The Bertz CT molecular complexity index is 1100. The number of nitrogens with zero attached hydrogens (tertiary/aromatic N) is 2. The SMILES string of the molecule is COCC(C)n1c(-c2cc3ccccc3o2)csc1=Nc1ccccc1C. The summed E-state index contributed by atoms with van der Waals surface area (Å²) in [6.45, 7) is 4.82. The molecule has 4 rings (SSSR count). The van der Waals surface area contributed by atoms with Crippen molar-refractivity contribution in [2.45, 2.75) is 19.9 Å². The van der Waals surface area contributed by atoms with Crippen LogP contribution in [0.15, 0.2) is 69.4 Å². The lowest BCUT2D eigenvalue weighted by Gasteiger charge is -2.15. The predicted molar refractivity (Wildman–Crippen MR) is 111 cm³/mol. The van der Waals surface area contributed by atoms with Crippen LogP contribution < -0.4 is 4.80 Å². The van der Waals surface area contributed by atoms with E-state index in [1.807, 2.05) is 36.4 Å². The third-order valence-electron chi connectivity index (χ3n) is 4.60. The highest BCUT2D eigenvalue weighted by Crippen LogP contribution is 2.30. The molecule has 4 aromatic rings. The number of hydrogen-bond donors (Lipinski definition) is 0. The number of methoxy groups -OCH3 is 1. The molecule has 0 radical (unpaired) electrons. The fourth-order valence-electron chi connectivity index (χ4n) is 3.22. The summed E-state index contributed by atoms with van der Waals surface area (Å²) in [5.41, 5.74) is 4.05. The standard InChI is InChI=1S/C22H22N2O2S/c1-15-8-4-6-10-18(15)23-22-24(16(2)13-25-3)19(14-27-22)21-12-17-9-5-7-11-20(17)26-21/h4-12,14,16H,13H2,1-3H3. The summed E-state index contributed by atoms with van der Waals surface area (Å²) in [6.07, 6.45) is 0. The lowest BCUT2D eigenvalue weighted by atomic mass is 10.2. The summed E-state index contributed by atoms with van der Waals surface area (Å²) in [5, 5.41) is 3.21. The number of aromatic nitrogens is 1. The van der Waals surface area contributed by atoms with Gasteiger partial charge in [0.1, 0.15) is 5.58 Å². The van der Waals surface area contributed by atoms with Crippen molar-refractivity contribution >= 4 is 28.0 Å². The number of fused-ring (bicyclic) bond motifs is 1. The van der Waals surface area contributed by atoms with Gasteiger partial charge in [0.25, 0.3) is 0 Å². The zero-order chi connectivity index (χ0) is 18.8. The van der Waals surface area contributed by atoms with Crippen LogP contribution in [0.3, 0.4) is 0 Å². The molecular weight excluding hydrogens is 356 g/mol. The molecule has 5 heteroatoms. The Labute approximate surface area is 162 Å². The number of thiazole rings is 1. The lowest BCUT2D eigenvalue weighted by molar-refractivity contribution is 0.161. The van der Waals surface area contributed by atoms with E-state index in [1.165, 1.54) is 0 Å². The van der Waals surface area contributed by atoms with Gasteiger partial charge in [0.05, 0.1) is 24.0 Å². The first kappa shape index (κ1) is 17.8. The van der Waals surface area contributed by atoms with E-state index in [0.29, 0.717) is 6.61 Å². The number of benzene rings is 2. The molecule has 27 heavy (non-hydrogen) atoms. The lowest BCUT2D eigenvalue weighted by Crippen LogP contribution is -2.22. The molecular formula is C22H22N2O2S. The summed E-state index contributed by atoms with van der Waals surface area (Å²) in [4.78, 5) is 5.86. The first-order valence-electron chi connectivity index (χ1n) is 8.95. The fourth-order valence-corrected chi connectivity index (χ4v) is 4.21. The van der Waals surface area contributed by atoms with Crippen LogP contribution in [0.1, 0.15) is 18.5 Å². The molecule has 0 amide bonds. The van der Waals surface area contributed by atoms with E-state index in [2.05, 4.69) is 42.0 Å². The minimum atomic E-state index is 0.132. The first-order chi connectivity index (χ1) is 13.2. The van der Waals surface area contributed by atoms with Gasteiger partial charge in [-0.2, -0.15) is 0 Å². The number of para-hydroxylation sites is 2. The van der Waals surface area contributed by atoms with E-state index in [1.54, 1.807) is 18.4 Å². The summed E-state index contributed by atoms with van der Waals surface area (Å²) in [5.74, 6) is 0.849. The predicted octanol–water partition coefficient (Wildman–Crippen LogP) is 5.71. The number of hydrogen-bond acceptors (Lipinski definition) is 4. The smallest absolute Gasteiger partial charge is 0.190 e. The average Bonchev–Trinajstić information content (AvgIpc) is 3.27. The van der Waals surface area contributed by atoms with Crippen LogP contribution in [-0.2, 0) is 4.74 Å². The Kier molecular flexibility index (Phi) is 4.97. The summed E-state index contributed by atoms with van der Waals surface area (Å²) in [6, 6.07) is 18.5. The fraction of sp³-hybridized carbons (Fsp3) is 0.227. The van der Waals surface area contributed by atoms with Gasteiger partial charge >= 0.3 is 0 Å². The minimum absolute atomic E-state index is 0.132. The highest BCUT2D eigenvalue weighted by atomic mass is 32.1. The topological polar surface area (TPSA) is 39.7 Å². The molecule has 0 aliphatic carbocycles. The minimum Gasteiger partial charge on any atom is -0.454 e.